The maximum absolute atomic E-state index is 12.0. The van der Waals surface area contributed by atoms with Gasteiger partial charge in [-0.2, -0.15) is 5.10 Å². The summed E-state index contributed by atoms with van der Waals surface area (Å²) in [5.74, 6) is -0.437. The Kier molecular flexibility index (Phi) is 6.87. The molecule has 0 spiro atoms. The molecule has 0 radical (unpaired) electrons. The van der Waals surface area contributed by atoms with E-state index in [-0.39, 0.29) is 5.69 Å². The van der Waals surface area contributed by atoms with Crippen LogP contribution in [-0.4, -0.2) is 17.0 Å². The molecular formula is C20H13Cl2N3O3S. The molecule has 146 valence electrons. The maximum atomic E-state index is 12.0. The zero-order chi connectivity index (χ0) is 20.8. The van der Waals surface area contributed by atoms with Crippen LogP contribution in [0.2, 0.25) is 10.0 Å². The zero-order valence-corrected chi connectivity index (χ0v) is 17.0. The number of hydrogen-bond donors (Lipinski definition) is 1. The first kappa shape index (κ1) is 20.9. The number of nitro groups is 1. The van der Waals surface area contributed by atoms with Crippen LogP contribution in [0.5, 0.6) is 0 Å². The minimum atomic E-state index is -0.458. The highest BCUT2D eigenvalue weighted by Gasteiger charge is 2.15. The first-order valence-corrected chi connectivity index (χ1v) is 9.80. The Balaban J connectivity index is 1.74. The van der Waals surface area contributed by atoms with Gasteiger partial charge < -0.3 is 0 Å². The molecule has 9 heteroatoms. The van der Waals surface area contributed by atoms with Crippen LogP contribution >= 0.6 is 35.0 Å². The summed E-state index contributed by atoms with van der Waals surface area (Å²) in [5, 5.41) is 16.4. The van der Waals surface area contributed by atoms with Gasteiger partial charge in [0, 0.05) is 32.1 Å². The lowest BCUT2D eigenvalue weighted by molar-refractivity contribution is -0.387. The van der Waals surface area contributed by atoms with Crippen molar-refractivity contribution >= 4 is 52.8 Å². The first-order valence-electron chi connectivity index (χ1n) is 8.23. The quantitative estimate of drug-likeness (QED) is 0.294. The highest BCUT2D eigenvalue weighted by molar-refractivity contribution is 7.99. The largest absolute Gasteiger partial charge is 0.283 e. The average Bonchev–Trinajstić information content (AvgIpc) is 2.70. The molecular weight excluding hydrogens is 433 g/mol. The molecule has 0 heterocycles. The summed E-state index contributed by atoms with van der Waals surface area (Å²) >= 11 is 13.0. The molecule has 0 aliphatic rings. The van der Waals surface area contributed by atoms with E-state index in [2.05, 4.69) is 10.5 Å². The summed E-state index contributed by atoms with van der Waals surface area (Å²) in [6.45, 7) is 0. The van der Waals surface area contributed by atoms with Gasteiger partial charge in [-0.3, -0.25) is 14.9 Å². The fraction of sp³-hybridized carbons (Fsp3) is 0. The Morgan fingerprint density at radius 1 is 1.03 bits per heavy atom. The van der Waals surface area contributed by atoms with Crippen molar-refractivity contribution in [3.05, 3.63) is 98.0 Å². The number of hydrazone groups is 1. The van der Waals surface area contributed by atoms with E-state index in [1.807, 2.05) is 0 Å². The molecule has 3 aromatic rings. The molecule has 0 unspecified atom stereocenters. The van der Waals surface area contributed by atoms with E-state index in [1.165, 1.54) is 30.1 Å². The van der Waals surface area contributed by atoms with Crippen LogP contribution in [-0.2, 0) is 0 Å². The van der Waals surface area contributed by atoms with E-state index in [4.69, 9.17) is 23.2 Å². The molecule has 6 nitrogen and oxygen atoms in total. The van der Waals surface area contributed by atoms with Crippen LogP contribution in [0.3, 0.4) is 0 Å². The Bertz CT molecular complexity index is 1090. The summed E-state index contributed by atoms with van der Waals surface area (Å²) < 4.78 is 0. The number of halogens is 2. The summed E-state index contributed by atoms with van der Waals surface area (Å²) in [5.41, 5.74) is 3.14. The fourth-order valence-electron chi connectivity index (χ4n) is 2.33. The smallest absolute Gasteiger partial charge is 0.267 e. The lowest BCUT2D eigenvalue weighted by atomic mass is 10.2. The number of nitrogens with one attached hydrogen (secondary N) is 1. The molecule has 0 aliphatic heterocycles. The molecule has 0 aliphatic carbocycles. The molecule has 0 aromatic heterocycles. The number of benzene rings is 3. The third-order valence-electron chi connectivity index (χ3n) is 3.69. The van der Waals surface area contributed by atoms with Crippen LogP contribution in [0.1, 0.15) is 15.9 Å². The number of rotatable bonds is 6. The lowest BCUT2D eigenvalue weighted by Gasteiger charge is -2.04. The van der Waals surface area contributed by atoms with Gasteiger partial charge in [0.2, 0.25) is 0 Å². The van der Waals surface area contributed by atoms with Gasteiger partial charge in [0.25, 0.3) is 11.6 Å². The standard InChI is InChI=1S/C20H13Cl2N3O3S/c21-15-5-7-17(8-6-15)29-19-9-4-13(10-18(19)25(27)28)12-23-24-20(26)14-2-1-3-16(22)11-14/h1-12H,(H,24,26)/b23-12-. The summed E-state index contributed by atoms with van der Waals surface area (Å²) in [4.78, 5) is 24.4. The molecule has 3 rings (SSSR count). The Labute approximate surface area is 180 Å². The highest BCUT2D eigenvalue weighted by Crippen LogP contribution is 2.35. The Hall–Kier alpha value is -2.87. The number of carbonyl (C=O) groups excluding carboxylic acids is 1. The predicted molar refractivity (Wildman–Crippen MR) is 115 cm³/mol. The second-order valence-electron chi connectivity index (χ2n) is 5.75. The molecule has 1 N–H and O–H groups in total. The van der Waals surface area contributed by atoms with Crippen LogP contribution in [0.15, 0.2) is 81.6 Å². The minimum absolute atomic E-state index is 0.0601. The first-order chi connectivity index (χ1) is 13.9. The second kappa shape index (κ2) is 9.56. The van der Waals surface area contributed by atoms with E-state index < -0.39 is 10.8 Å². The SMILES string of the molecule is O=C(N/N=C\c1ccc(Sc2ccc(Cl)cc2)c([N+](=O)[O-])c1)c1cccc(Cl)c1. The topological polar surface area (TPSA) is 84.6 Å². The van der Waals surface area contributed by atoms with Gasteiger partial charge in [0.1, 0.15) is 0 Å². The number of carbonyl (C=O) groups is 1. The summed E-state index contributed by atoms with van der Waals surface area (Å²) in [6.07, 6.45) is 1.34. The van der Waals surface area contributed by atoms with E-state index in [1.54, 1.807) is 54.6 Å². The van der Waals surface area contributed by atoms with Crippen LogP contribution in [0.25, 0.3) is 0 Å². The normalized spacial score (nSPS) is 10.8. The van der Waals surface area contributed by atoms with Crippen molar-refractivity contribution in [1.29, 1.82) is 0 Å². The van der Waals surface area contributed by atoms with Gasteiger partial charge in [-0.1, -0.05) is 47.1 Å². The average molecular weight is 446 g/mol. The predicted octanol–water partition coefficient (Wildman–Crippen LogP) is 5.82. The van der Waals surface area contributed by atoms with Gasteiger partial charge in [-0.05, 0) is 48.5 Å². The van der Waals surface area contributed by atoms with Crippen molar-refractivity contribution in [1.82, 2.24) is 5.43 Å². The third kappa shape index (κ3) is 5.80. The Morgan fingerprint density at radius 3 is 2.48 bits per heavy atom. The minimum Gasteiger partial charge on any atom is -0.267 e. The molecule has 0 bridgehead atoms. The van der Waals surface area contributed by atoms with E-state index >= 15 is 0 Å². The summed E-state index contributed by atoms with van der Waals surface area (Å²) in [6, 6.07) is 18.2. The van der Waals surface area contributed by atoms with Crippen LogP contribution in [0.4, 0.5) is 5.69 Å². The number of nitro benzene ring substituents is 1. The van der Waals surface area contributed by atoms with Crippen LogP contribution in [0, 0.1) is 10.1 Å². The number of nitrogens with zero attached hydrogens (tertiary/aromatic N) is 2. The lowest BCUT2D eigenvalue weighted by Crippen LogP contribution is -2.17. The number of hydrogen-bond acceptors (Lipinski definition) is 5. The molecule has 0 atom stereocenters. The van der Waals surface area contributed by atoms with Crippen molar-refractivity contribution in [3.8, 4) is 0 Å². The molecule has 0 fully saturated rings. The van der Waals surface area contributed by atoms with Crippen molar-refractivity contribution in [3.63, 3.8) is 0 Å². The van der Waals surface area contributed by atoms with Crippen LogP contribution < -0.4 is 5.43 Å². The number of amides is 1. The third-order valence-corrected chi connectivity index (χ3v) is 5.25. The maximum Gasteiger partial charge on any atom is 0.283 e. The van der Waals surface area contributed by atoms with Gasteiger partial charge in [-0.15, -0.1) is 0 Å². The Morgan fingerprint density at radius 2 is 1.79 bits per heavy atom. The van der Waals surface area contributed by atoms with E-state index in [9.17, 15) is 14.9 Å². The summed E-state index contributed by atoms with van der Waals surface area (Å²) in [7, 11) is 0. The molecule has 0 saturated carbocycles. The molecule has 29 heavy (non-hydrogen) atoms. The highest BCUT2D eigenvalue weighted by atomic mass is 35.5. The van der Waals surface area contributed by atoms with E-state index in [0.29, 0.717) is 26.1 Å². The molecule has 3 aromatic carbocycles. The zero-order valence-electron chi connectivity index (χ0n) is 14.7. The van der Waals surface area contributed by atoms with Gasteiger partial charge in [-0.25, -0.2) is 5.43 Å². The monoisotopic (exact) mass is 445 g/mol. The fourth-order valence-corrected chi connectivity index (χ4v) is 3.55. The second-order valence-corrected chi connectivity index (χ2v) is 7.74. The molecule has 1 amide bonds. The van der Waals surface area contributed by atoms with Gasteiger partial charge >= 0.3 is 0 Å². The van der Waals surface area contributed by atoms with Crippen molar-refractivity contribution < 1.29 is 9.72 Å². The van der Waals surface area contributed by atoms with E-state index in [0.717, 1.165) is 4.90 Å². The van der Waals surface area contributed by atoms with Crippen molar-refractivity contribution in [2.24, 2.45) is 5.10 Å². The van der Waals surface area contributed by atoms with Crippen molar-refractivity contribution in [2.75, 3.05) is 0 Å². The van der Waals surface area contributed by atoms with Crippen molar-refractivity contribution in [2.45, 2.75) is 9.79 Å². The van der Waals surface area contributed by atoms with Gasteiger partial charge in [0.05, 0.1) is 16.0 Å². The van der Waals surface area contributed by atoms with Gasteiger partial charge in [0.15, 0.2) is 0 Å². The molecule has 0 saturated heterocycles.